The molecule has 1 N–H and O–H groups in total. The second-order valence-electron chi connectivity index (χ2n) is 5.31. The van der Waals surface area contributed by atoms with Crippen molar-refractivity contribution in [2.75, 3.05) is 0 Å². The molecule has 0 unspecified atom stereocenters. The Labute approximate surface area is 132 Å². The Kier molecular flexibility index (Phi) is 3.14. The zero-order chi connectivity index (χ0) is 15.1. The third kappa shape index (κ3) is 2.17. The molecule has 22 heavy (non-hydrogen) atoms. The van der Waals surface area contributed by atoms with Crippen LogP contribution >= 0.6 is 11.6 Å². The van der Waals surface area contributed by atoms with E-state index in [0.717, 1.165) is 33.1 Å². The fourth-order valence-corrected chi connectivity index (χ4v) is 2.98. The molecule has 108 valence electrons. The first kappa shape index (κ1) is 13.4. The molecule has 1 atom stereocenters. The number of benzene rings is 3. The van der Waals surface area contributed by atoms with Crippen LogP contribution in [0.3, 0.4) is 0 Å². The van der Waals surface area contributed by atoms with Crippen LogP contribution < -0.4 is 0 Å². The Hall–Kier alpha value is -2.29. The fraction of sp³-hybridized carbons (Fsp3) is 0.0526. The lowest BCUT2D eigenvalue weighted by Gasteiger charge is -2.11. The molecular formula is C19H13ClO2. The standard InChI is InChI=1S/C19H13ClO2/c20-14-5-3-4-12(10-14)19(21)13-8-9-16-15-6-1-2-7-17(15)22-18(16)11-13/h1-11,19,21H/t19-/m0/s1. The predicted octanol–water partition coefficient (Wildman–Crippen LogP) is 5.32. The average molecular weight is 309 g/mol. The molecule has 0 saturated heterocycles. The number of furan rings is 1. The second kappa shape index (κ2) is 5.16. The summed E-state index contributed by atoms with van der Waals surface area (Å²) in [5.41, 5.74) is 3.18. The van der Waals surface area contributed by atoms with E-state index in [1.807, 2.05) is 54.6 Å². The van der Waals surface area contributed by atoms with E-state index in [4.69, 9.17) is 16.0 Å². The Morgan fingerprint density at radius 1 is 0.773 bits per heavy atom. The van der Waals surface area contributed by atoms with E-state index in [9.17, 15) is 5.11 Å². The summed E-state index contributed by atoms with van der Waals surface area (Å²) in [4.78, 5) is 0. The Morgan fingerprint density at radius 2 is 1.55 bits per heavy atom. The van der Waals surface area contributed by atoms with Gasteiger partial charge in [-0.25, -0.2) is 0 Å². The lowest BCUT2D eigenvalue weighted by Crippen LogP contribution is -1.99. The van der Waals surface area contributed by atoms with Gasteiger partial charge in [0.05, 0.1) is 0 Å². The van der Waals surface area contributed by atoms with E-state index >= 15 is 0 Å². The zero-order valence-corrected chi connectivity index (χ0v) is 12.4. The van der Waals surface area contributed by atoms with Crippen molar-refractivity contribution in [1.82, 2.24) is 0 Å². The molecule has 1 aromatic heterocycles. The number of aliphatic hydroxyl groups excluding tert-OH is 1. The van der Waals surface area contributed by atoms with Crippen molar-refractivity contribution in [1.29, 1.82) is 0 Å². The first-order valence-electron chi connectivity index (χ1n) is 7.07. The molecule has 0 aliphatic carbocycles. The highest BCUT2D eigenvalue weighted by Crippen LogP contribution is 2.32. The fourth-order valence-electron chi connectivity index (χ4n) is 2.78. The van der Waals surface area contributed by atoms with Crippen LogP contribution in [0.5, 0.6) is 0 Å². The van der Waals surface area contributed by atoms with Gasteiger partial charge in [0.1, 0.15) is 17.3 Å². The molecule has 0 saturated carbocycles. The average Bonchev–Trinajstić information content (AvgIpc) is 2.91. The van der Waals surface area contributed by atoms with E-state index in [2.05, 4.69) is 0 Å². The summed E-state index contributed by atoms with van der Waals surface area (Å²) in [5.74, 6) is 0. The summed E-state index contributed by atoms with van der Waals surface area (Å²) in [5, 5.41) is 13.3. The van der Waals surface area contributed by atoms with Gasteiger partial charge in [0, 0.05) is 15.8 Å². The van der Waals surface area contributed by atoms with Crippen molar-refractivity contribution in [3.8, 4) is 0 Å². The number of hydrogen-bond acceptors (Lipinski definition) is 2. The zero-order valence-electron chi connectivity index (χ0n) is 11.7. The smallest absolute Gasteiger partial charge is 0.135 e. The molecule has 4 aromatic rings. The van der Waals surface area contributed by atoms with Gasteiger partial charge in [0.2, 0.25) is 0 Å². The van der Waals surface area contributed by atoms with E-state index < -0.39 is 6.10 Å². The first-order valence-corrected chi connectivity index (χ1v) is 7.45. The molecule has 0 radical (unpaired) electrons. The van der Waals surface area contributed by atoms with Gasteiger partial charge < -0.3 is 9.52 Å². The number of aliphatic hydroxyl groups is 1. The summed E-state index contributed by atoms with van der Waals surface area (Å²) in [7, 11) is 0. The van der Waals surface area contributed by atoms with Crippen molar-refractivity contribution in [3.05, 3.63) is 82.9 Å². The van der Waals surface area contributed by atoms with Crippen LogP contribution in [-0.4, -0.2) is 5.11 Å². The third-order valence-corrected chi connectivity index (χ3v) is 4.12. The van der Waals surface area contributed by atoms with Gasteiger partial charge in [-0.15, -0.1) is 0 Å². The molecule has 3 heteroatoms. The highest BCUT2D eigenvalue weighted by molar-refractivity contribution is 6.30. The van der Waals surface area contributed by atoms with Gasteiger partial charge in [-0.05, 0) is 35.4 Å². The van der Waals surface area contributed by atoms with Crippen molar-refractivity contribution >= 4 is 33.5 Å². The summed E-state index contributed by atoms with van der Waals surface area (Å²) in [6.07, 6.45) is -0.726. The minimum Gasteiger partial charge on any atom is -0.456 e. The van der Waals surface area contributed by atoms with Crippen molar-refractivity contribution in [2.45, 2.75) is 6.10 Å². The van der Waals surface area contributed by atoms with E-state index in [0.29, 0.717) is 5.02 Å². The molecule has 0 aliphatic heterocycles. The number of hydrogen-bond donors (Lipinski definition) is 1. The molecule has 1 heterocycles. The molecule has 4 rings (SSSR count). The number of para-hydroxylation sites is 1. The van der Waals surface area contributed by atoms with Crippen LogP contribution in [0.1, 0.15) is 17.2 Å². The SMILES string of the molecule is O[C@@H](c1cccc(Cl)c1)c1ccc2c(c1)oc1ccccc12. The highest BCUT2D eigenvalue weighted by atomic mass is 35.5. The lowest BCUT2D eigenvalue weighted by atomic mass is 10.0. The normalized spacial score (nSPS) is 12.8. The summed E-state index contributed by atoms with van der Waals surface area (Å²) in [6, 6.07) is 21.0. The molecule has 3 aromatic carbocycles. The first-order chi connectivity index (χ1) is 10.7. The van der Waals surface area contributed by atoms with E-state index in [1.54, 1.807) is 12.1 Å². The van der Waals surface area contributed by atoms with Crippen molar-refractivity contribution < 1.29 is 9.52 Å². The Bertz CT molecular complexity index is 971. The van der Waals surface area contributed by atoms with Crippen LogP contribution in [0, 0.1) is 0 Å². The summed E-state index contributed by atoms with van der Waals surface area (Å²) >= 11 is 6.00. The molecule has 0 bridgehead atoms. The van der Waals surface area contributed by atoms with Crippen LogP contribution in [-0.2, 0) is 0 Å². The van der Waals surface area contributed by atoms with Crippen LogP contribution in [0.2, 0.25) is 5.02 Å². The second-order valence-corrected chi connectivity index (χ2v) is 5.75. The quantitative estimate of drug-likeness (QED) is 0.543. The maximum atomic E-state index is 10.6. The van der Waals surface area contributed by atoms with Crippen LogP contribution in [0.4, 0.5) is 0 Å². The Balaban J connectivity index is 1.84. The van der Waals surface area contributed by atoms with Gasteiger partial charge in [-0.3, -0.25) is 0 Å². The van der Waals surface area contributed by atoms with Gasteiger partial charge >= 0.3 is 0 Å². The van der Waals surface area contributed by atoms with E-state index in [1.165, 1.54) is 0 Å². The molecule has 2 nitrogen and oxygen atoms in total. The van der Waals surface area contributed by atoms with Crippen molar-refractivity contribution in [3.63, 3.8) is 0 Å². The van der Waals surface area contributed by atoms with Crippen molar-refractivity contribution in [2.24, 2.45) is 0 Å². The molecule has 0 aliphatic rings. The van der Waals surface area contributed by atoms with Gasteiger partial charge in [-0.1, -0.05) is 54.1 Å². The maximum absolute atomic E-state index is 10.6. The van der Waals surface area contributed by atoms with E-state index in [-0.39, 0.29) is 0 Å². The number of halogens is 1. The molecule has 0 spiro atoms. The van der Waals surface area contributed by atoms with Crippen LogP contribution in [0.15, 0.2) is 71.1 Å². The van der Waals surface area contributed by atoms with Gasteiger partial charge in [0.15, 0.2) is 0 Å². The minimum atomic E-state index is -0.726. The lowest BCUT2D eigenvalue weighted by molar-refractivity contribution is 0.220. The molecule has 0 amide bonds. The topological polar surface area (TPSA) is 33.4 Å². The third-order valence-electron chi connectivity index (χ3n) is 3.88. The highest BCUT2D eigenvalue weighted by Gasteiger charge is 2.13. The predicted molar refractivity (Wildman–Crippen MR) is 89.2 cm³/mol. The number of rotatable bonds is 2. The molecular weight excluding hydrogens is 296 g/mol. The van der Waals surface area contributed by atoms with Gasteiger partial charge in [-0.2, -0.15) is 0 Å². The minimum absolute atomic E-state index is 0.612. The largest absolute Gasteiger partial charge is 0.456 e. The summed E-state index contributed by atoms with van der Waals surface area (Å²) in [6.45, 7) is 0. The monoisotopic (exact) mass is 308 g/mol. The Morgan fingerprint density at radius 3 is 2.41 bits per heavy atom. The number of fused-ring (bicyclic) bond motifs is 3. The van der Waals surface area contributed by atoms with Gasteiger partial charge in [0.25, 0.3) is 0 Å². The molecule has 0 fully saturated rings. The van der Waals surface area contributed by atoms with Crippen LogP contribution in [0.25, 0.3) is 21.9 Å². The maximum Gasteiger partial charge on any atom is 0.135 e. The summed E-state index contributed by atoms with van der Waals surface area (Å²) < 4.78 is 5.87.